The summed E-state index contributed by atoms with van der Waals surface area (Å²) in [5.41, 5.74) is 5.55. The van der Waals surface area contributed by atoms with Gasteiger partial charge in [0, 0.05) is 25.6 Å². The van der Waals surface area contributed by atoms with Crippen LogP contribution in [0.3, 0.4) is 0 Å². The maximum absolute atomic E-state index is 11.9. The lowest BCUT2D eigenvalue weighted by atomic mass is 10.1. The summed E-state index contributed by atoms with van der Waals surface area (Å²) in [4.78, 5) is 13.9. The first-order valence-corrected chi connectivity index (χ1v) is 6.20. The van der Waals surface area contributed by atoms with Crippen molar-refractivity contribution in [1.82, 2.24) is 4.90 Å². The second kappa shape index (κ2) is 8.72. The van der Waals surface area contributed by atoms with Crippen molar-refractivity contribution in [2.75, 3.05) is 13.1 Å². The van der Waals surface area contributed by atoms with Gasteiger partial charge in [-0.1, -0.05) is 27.2 Å². The van der Waals surface area contributed by atoms with Gasteiger partial charge in [0.25, 0.3) is 0 Å². The van der Waals surface area contributed by atoms with Crippen LogP contribution in [0.5, 0.6) is 0 Å². The smallest absolute Gasteiger partial charge is 0.222 e. The predicted molar refractivity (Wildman–Crippen MR) is 64.7 cm³/mol. The van der Waals surface area contributed by atoms with Crippen LogP contribution in [0.15, 0.2) is 0 Å². The number of hydrogen-bond acceptors (Lipinski definition) is 2. The largest absolute Gasteiger partial charge is 0.338 e. The Morgan fingerprint density at radius 2 is 1.87 bits per heavy atom. The molecule has 0 saturated carbocycles. The molecule has 0 aliphatic rings. The minimum atomic E-state index is 0.274. The summed E-state index contributed by atoms with van der Waals surface area (Å²) in [7, 11) is 0. The van der Waals surface area contributed by atoms with E-state index in [1.807, 2.05) is 4.90 Å². The van der Waals surface area contributed by atoms with Crippen molar-refractivity contribution < 1.29 is 4.79 Å². The van der Waals surface area contributed by atoms with E-state index in [2.05, 4.69) is 20.8 Å². The molecule has 0 aliphatic carbocycles. The third kappa shape index (κ3) is 5.17. The molecule has 0 unspecified atom stereocenters. The summed E-state index contributed by atoms with van der Waals surface area (Å²) in [6, 6.07) is 0.373. The van der Waals surface area contributed by atoms with E-state index in [-0.39, 0.29) is 5.91 Å². The molecule has 3 nitrogen and oxygen atoms in total. The van der Waals surface area contributed by atoms with Gasteiger partial charge in [0.15, 0.2) is 0 Å². The minimum Gasteiger partial charge on any atom is -0.338 e. The SMILES string of the molecule is CCCCC(=O)N(CCN)C(CC)CC. The Labute approximate surface area is 94.0 Å². The van der Waals surface area contributed by atoms with Crippen LogP contribution in [-0.4, -0.2) is 29.9 Å². The number of carbonyl (C=O) groups excluding carboxylic acids is 1. The Hall–Kier alpha value is -0.570. The van der Waals surface area contributed by atoms with E-state index >= 15 is 0 Å². The molecule has 0 aromatic carbocycles. The lowest BCUT2D eigenvalue weighted by molar-refractivity contribution is -0.133. The van der Waals surface area contributed by atoms with Gasteiger partial charge in [0.05, 0.1) is 0 Å². The molecule has 2 N–H and O–H groups in total. The monoisotopic (exact) mass is 214 g/mol. The summed E-state index contributed by atoms with van der Waals surface area (Å²) >= 11 is 0. The maximum atomic E-state index is 11.9. The van der Waals surface area contributed by atoms with Gasteiger partial charge >= 0.3 is 0 Å². The molecule has 0 fully saturated rings. The highest BCUT2D eigenvalue weighted by Gasteiger charge is 2.19. The van der Waals surface area contributed by atoms with Crippen molar-refractivity contribution in [2.45, 2.75) is 58.9 Å². The molecule has 0 saturated heterocycles. The first kappa shape index (κ1) is 14.4. The van der Waals surface area contributed by atoms with Crippen LogP contribution in [0.2, 0.25) is 0 Å². The van der Waals surface area contributed by atoms with Crippen molar-refractivity contribution in [3.8, 4) is 0 Å². The van der Waals surface area contributed by atoms with E-state index in [4.69, 9.17) is 5.73 Å². The Morgan fingerprint density at radius 1 is 1.27 bits per heavy atom. The zero-order chi connectivity index (χ0) is 11.7. The van der Waals surface area contributed by atoms with Crippen LogP contribution >= 0.6 is 0 Å². The number of nitrogens with two attached hydrogens (primary N) is 1. The van der Waals surface area contributed by atoms with Gasteiger partial charge in [0.1, 0.15) is 0 Å². The molecule has 15 heavy (non-hydrogen) atoms. The molecule has 0 aromatic heterocycles. The first-order chi connectivity index (χ1) is 7.21. The van der Waals surface area contributed by atoms with Crippen molar-refractivity contribution >= 4 is 5.91 Å². The molecule has 0 aliphatic heterocycles. The molecule has 90 valence electrons. The minimum absolute atomic E-state index is 0.274. The Morgan fingerprint density at radius 3 is 2.27 bits per heavy atom. The fraction of sp³-hybridized carbons (Fsp3) is 0.917. The summed E-state index contributed by atoms with van der Waals surface area (Å²) in [6.45, 7) is 7.64. The number of unbranched alkanes of at least 4 members (excludes halogenated alkanes) is 1. The summed E-state index contributed by atoms with van der Waals surface area (Å²) < 4.78 is 0. The van der Waals surface area contributed by atoms with Crippen LogP contribution in [0, 0.1) is 0 Å². The van der Waals surface area contributed by atoms with E-state index < -0.39 is 0 Å². The van der Waals surface area contributed by atoms with Crippen molar-refractivity contribution in [1.29, 1.82) is 0 Å². The molecule has 0 radical (unpaired) electrons. The average molecular weight is 214 g/mol. The van der Waals surface area contributed by atoms with Gasteiger partial charge in [-0.05, 0) is 19.3 Å². The van der Waals surface area contributed by atoms with Crippen molar-refractivity contribution in [3.63, 3.8) is 0 Å². The Balaban J connectivity index is 4.28. The highest BCUT2D eigenvalue weighted by atomic mass is 16.2. The van der Waals surface area contributed by atoms with Gasteiger partial charge < -0.3 is 10.6 Å². The third-order valence-corrected chi connectivity index (χ3v) is 2.82. The van der Waals surface area contributed by atoms with Crippen LogP contribution in [0.4, 0.5) is 0 Å². The summed E-state index contributed by atoms with van der Waals surface area (Å²) in [5.74, 6) is 0.274. The number of nitrogens with zero attached hydrogens (tertiary/aromatic N) is 1. The van der Waals surface area contributed by atoms with Crippen LogP contribution < -0.4 is 5.73 Å². The molecule has 0 rings (SSSR count). The second-order valence-corrected chi connectivity index (χ2v) is 3.95. The normalized spacial score (nSPS) is 10.7. The average Bonchev–Trinajstić information content (AvgIpc) is 2.26. The lowest BCUT2D eigenvalue weighted by Crippen LogP contribution is -2.42. The molecule has 0 spiro atoms. The summed E-state index contributed by atoms with van der Waals surface area (Å²) in [5, 5.41) is 0. The van der Waals surface area contributed by atoms with Crippen LogP contribution in [0.25, 0.3) is 0 Å². The number of rotatable bonds is 8. The molecule has 0 aromatic rings. The van der Waals surface area contributed by atoms with Gasteiger partial charge in [-0.25, -0.2) is 0 Å². The zero-order valence-electron chi connectivity index (χ0n) is 10.5. The number of carbonyl (C=O) groups is 1. The first-order valence-electron chi connectivity index (χ1n) is 6.20. The third-order valence-electron chi connectivity index (χ3n) is 2.82. The topological polar surface area (TPSA) is 46.3 Å². The molecular weight excluding hydrogens is 188 g/mol. The molecule has 0 atom stereocenters. The van der Waals surface area contributed by atoms with E-state index in [0.29, 0.717) is 25.6 Å². The lowest BCUT2D eigenvalue weighted by Gasteiger charge is -2.30. The van der Waals surface area contributed by atoms with E-state index in [9.17, 15) is 4.79 Å². The second-order valence-electron chi connectivity index (χ2n) is 3.95. The zero-order valence-corrected chi connectivity index (χ0v) is 10.5. The quantitative estimate of drug-likeness (QED) is 0.673. The van der Waals surface area contributed by atoms with Crippen molar-refractivity contribution in [2.24, 2.45) is 5.73 Å². The van der Waals surface area contributed by atoms with Gasteiger partial charge in [0.2, 0.25) is 5.91 Å². The van der Waals surface area contributed by atoms with E-state index in [0.717, 1.165) is 25.7 Å². The molecule has 0 heterocycles. The van der Waals surface area contributed by atoms with Crippen LogP contribution in [0.1, 0.15) is 52.9 Å². The van der Waals surface area contributed by atoms with E-state index in [1.54, 1.807) is 0 Å². The summed E-state index contributed by atoms with van der Waals surface area (Å²) in [6.07, 6.45) is 4.78. The Bertz CT molecular complexity index is 167. The highest BCUT2D eigenvalue weighted by Crippen LogP contribution is 2.11. The molecular formula is C12H26N2O. The van der Waals surface area contributed by atoms with Crippen LogP contribution in [-0.2, 0) is 4.79 Å². The maximum Gasteiger partial charge on any atom is 0.222 e. The predicted octanol–water partition coefficient (Wildman–Crippen LogP) is 2.15. The fourth-order valence-corrected chi connectivity index (χ4v) is 1.85. The molecule has 0 bridgehead atoms. The van der Waals surface area contributed by atoms with Gasteiger partial charge in [-0.3, -0.25) is 4.79 Å². The molecule has 3 heteroatoms. The number of amides is 1. The molecule has 1 amide bonds. The highest BCUT2D eigenvalue weighted by molar-refractivity contribution is 5.76. The standard InChI is InChI=1S/C12H26N2O/c1-4-7-8-12(15)14(10-9-13)11(5-2)6-3/h11H,4-10,13H2,1-3H3. The van der Waals surface area contributed by atoms with E-state index in [1.165, 1.54) is 0 Å². The fourth-order valence-electron chi connectivity index (χ4n) is 1.85. The number of hydrogen-bond donors (Lipinski definition) is 1. The van der Waals surface area contributed by atoms with Crippen molar-refractivity contribution in [3.05, 3.63) is 0 Å². The van der Waals surface area contributed by atoms with Gasteiger partial charge in [-0.15, -0.1) is 0 Å². The Kier molecular flexibility index (Phi) is 8.38. The van der Waals surface area contributed by atoms with Gasteiger partial charge in [-0.2, -0.15) is 0 Å².